The molecule has 0 heterocycles. The van der Waals surface area contributed by atoms with Gasteiger partial charge in [-0.1, -0.05) is 31.7 Å². The molecule has 0 aliphatic heterocycles. The third kappa shape index (κ3) is 7.37. The van der Waals surface area contributed by atoms with Crippen LogP contribution >= 0.6 is 0 Å². The highest BCUT2D eigenvalue weighted by Crippen LogP contribution is 2.50. The number of hydrogen-bond acceptors (Lipinski definition) is 3. The van der Waals surface area contributed by atoms with E-state index < -0.39 is 22.8 Å². The van der Waals surface area contributed by atoms with Crippen LogP contribution in [-0.2, 0) is 22.4 Å². The van der Waals surface area contributed by atoms with Crippen LogP contribution in [0.4, 0.5) is 0 Å². The Kier molecular flexibility index (Phi) is 8.12. The van der Waals surface area contributed by atoms with Crippen molar-refractivity contribution in [3.63, 3.8) is 0 Å². The molecule has 0 spiro atoms. The average Bonchev–Trinajstić information content (AvgIpc) is 3.42. The average molecular weight is 405 g/mol. The standard InChI is InChI=1S/C24H36O5/c1-23(2,21(26)27)11-7-4-3-5-9-18-15-19(17-20(25)16-18)10-6-8-12-24(13-14-24)22(28)29/h15-17,25H,3-14H2,1-2H3,(H,26,27)(H,28,29). The molecule has 162 valence electrons. The van der Waals surface area contributed by atoms with E-state index >= 15 is 0 Å². The molecular formula is C24H36O5. The van der Waals surface area contributed by atoms with Crippen molar-refractivity contribution in [3.05, 3.63) is 29.3 Å². The second kappa shape index (κ2) is 10.1. The van der Waals surface area contributed by atoms with E-state index in [2.05, 4.69) is 6.07 Å². The summed E-state index contributed by atoms with van der Waals surface area (Å²) in [4.78, 5) is 22.3. The third-order valence-electron chi connectivity index (χ3n) is 6.31. The molecule has 0 atom stereocenters. The maximum absolute atomic E-state index is 11.2. The van der Waals surface area contributed by atoms with Gasteiger partial charge in [-0.15, -0.1) is 0 Å². The highest BCUT2D eigenvalue weighted by Gasteiger charge is 2.49. The van der Waals surface area contributed by atoms with Crippen molar-refractivity contribution in [1.82, 2.24) is 0 Å². The van der Waals surface area contributed by atoms with Crippen LogP contribution < -0.4 is 0 Å². The minimum Gasteiger partial charge on any atom is -0.508 e. The summed E-state index contributed by atoms with van der Waals surface area (Å²) in [5, 5.41) is 28.4. The molecule has 1 saturated carbocycles. The van der Waals surface area contributed by atoms with Crippen molar-refractivity contribution in [3.8, 4) is 5.75 Å². The molecule has 1 aromatic carbocycles. The number of carboxylic acid groups (broad SMARTS) is 2. The smallest absolute Gasteiger partial charge is 0.309 e. The van der Waals surface area contributed by atoms with E-state index in [4.69, 9.17) is 5.11 Å². The molecule has 0 aromatic heterocycles. The van der Waals surface area contributed by atoms with Gasteiger partial charge >= 0.3 is 11.9 Å². The molecule has 1 aliphatic carbocycles. The lowest BCUT2D eigenvalue weighted by Crippen LogP contribution is -2.23. The Labute approximate surface area is 174 Å². The monoisotopic (exact) mass is 404 g/mol. The molecule has 5 heteroatoms. The summed E-state index contributed by atoms with van der Waals surface area (Å²) in [7, 11) is 0. The SMILES string of the molecule is CC(C)(CCCCCCc1cc(O)cc(CCCCC2(C(=O)O)CC2)c1)C(=O)O. The molecule has 29 heavy (non-hydrogen) atoms. The Hall–Kier alpha value is -2.04. The molecule has 5 nitrogen and oxygen atoms in total. The van der Waals surface area contributed by atoms with E-state index in [0.717, 1.165) is 81.8 Å². The Morgan fingerprint density at radius 2 is 1.45 bits per heavy atom. The summed E-state index contributed by atoms with van der Waals surface area (Å²) in [6.07, 6.45) is 10.7. The van der Waals surface area contributed by atoms with Gasteiger partial charge in [0.05, 0.1) is 10.8 Å². The zero-order chi connectivity index (χ0) is 21.5. The number of rotatable bonds is 14. The number of aryl methyl sites for hydroxylation is 2. The molecule has 0 radical (unpaired) electrons. The first-order valence-electron chi connectivity index (χ1n) is 10.9. The van der Waals surface area contributed by atoms with Crippen LogP contribution in [0.15, 0.2) is 18.2 Å². The van der Waals surface area contributed by atoms with Crippen LogP contribution in [0.25, 0.3) is 0 Å². The summed E-state index contributed by atoms with van der Waals surface area (Å²) in [5.41, 5.74) is 1.16. The van der Waals surface area contributed by atoms with Crippen LogP contribution in [0.1, 0.15) is 89.2 Å². The molecule has 3 N–H and O–H groups in total. The van der Waals surface area contributed by atoms with E-state index in [1.54, 1.807) is 13.8 Å². The van der Waals surface area contributed by atoms with Crippen molar-refractivity contribution in [2.45, 2.75) is 90.9 Å². The van der Waals surface area contributed by atoms with E-state index in [1.807, 2.05) is 12.1 Å². The molecule has 0 amide bonds. The van der Waals surface area contributed by atoms with Gasteiger partial charge in [0.1, 0.15) is 5.75 Å². The van der Waals surface area contributed by atoms with Gasteiger partial charge in [0, 0.05) is 0 Å². The van der Waals surface area contributed by atoms with E-state index in [1.165, 1.54) is 0 Å². The van der Waals surface area contributed by atoms with Crippen molar-refractivity contribution < 1.29 is 24.9 Å². The number of phenols is 1. The van der Waals surface area contributed by atoms with Crippen LogP contribution in [0.5, 0.6) is 5.75 Å². The summed E-state index contributed by atoms with van der Waals surface area (Å²) < 4.78 is 0. The van der Waals surface area contributed by atoms with Crippen molar-refractivity contribution >= 4 is 11.9 Å². The van der Waals surface area contributed by atoms with Crippen LogP contribution in [-0.4, -0.2) is 27.3 Å². The molecule has 0 bridgehead atoms. The molecule has 2 rings (SSSR count). The van der Waals surface area contributed by atoms with Gasteiger partial charge < -0.3 is 15.3 Å². The van der Waals surface area contributed by atoms with Gasteiger partial charge in [0.25, 0.3) is 0 Å². The van der Waals surface area contributed by atoms with Crippen molar-refractivity contribution in [2.24, 2.45) is 10.8 Å². The number of hydrogen-bond donors (Lipinski definition) is 3. The van der Waals surface area contributed by atoms with Gasteiger partial charge in [0.15, 0.2) is 0 Å². The first-order valence-corrected chi connectivity index (χ1v) is 10.9. The van der Waals surface area contributed by atoms with E-state index in [9.17, 15) is 19.8 Å². The lowest BCUT2D eigenvalue weighted by Gasteiger charge is -2.18. The molecule has 1 aromatic rings. The predicted octanol–water partition coefficient (Wildman–Crippen LogP) is 5.57. The Bertz CT molecular complexity index is 703. The highest BCUT2D eigenvalue weighted by atomic mass is 16.4. The van der Waals surface area contributed by atoms with Gasteiger partial charge in [-0.25, -0.2) is 0 Å². The molecule has 0 unspecified atom stereocenters. The van der Waals surface area contributed by atoms with Gasteiger partial charge in [-0.2, -0.15) is 0 Å². The quantitative estimate of drug-likeness (QED) is 0.352. The maximum Gasteiger partial charge on any atom is 0.309 e. The fourth-order valence-corrected chi connectivity index (χ4v) is 3.90. The van der Waals surface area contributed by atoms with Crippen LogP contribution in [0.3, 0.4) is 0 Å². The number of carboxylic acids is 2. The molecule has 0 saturated heterocycles. The number of phenolic OH excluding ortho intramolecular Hbond substituents is 1. The lowest BCUT2D eigenvalue weighted by molar-refractivity contribution is -0.147. The largest absolute Gasteiger partial charge is 0.508 e. The van der Waals surface area contributed by atoms with Crippen molar-refractivity contribution in [1.29, 1.82) is 0 Å². The Balaban J connectivity index is 1.67. The van der Waals surface area contributed by atoms with Crippen molar-refractivity contribution in [2.75, 3.05) is 0 Å². The summed E-state index contributed by atoms with van der Waals surface area (Å²) >= 11 is 0. The second-order valence-corrected chi connectivity index (χ2v) is 9.40. The first kappa shape index (κ1) is 23.2. The van der Waals surface area contributed by atoms with E-state index in [-0.39, 0.29) is 0 Å². The number of benzene rings is 1. The second-order valence-electron chi connectivity index (χ2n) is 9.40. The number of unbranched alkanes of at least 4 members (excludes halogenated alkanes) is 4. The maximum atomic E-state index is 11.2. The number of aromatic hydroxyl groups is 1. The summed E-state index contributed by atoms with van der Waals surface area (Å²) in [6, 6.07) is 5.78. The molecular weight excluding hydrogens is 368 g/mol. The summed E-state index contributed by atoms with van der Waals surface area (Å²) in [5.74, 6) is -1.09. The third-order valence-corrected chi connectivity index (χ3v) is 6.31. The number of carbonyl (C=O) groups is 2. The minimum absolute atomic E-state index is 0.296. The lowest BCUT2D eigenvalue weighted by atomic mass is 9.87. The highest BCUT2D eigenvalue weighted by molar-refractivity contribution is 5.77. The summed E-state index contributed by atoms with van der Waals surface area (Å²) in [6.45, 7) is 3.55. The Morgan fingerprint density at radius 1 is 0.897 bits per heavy atom. The Morgan fingerprint density at radius 3 is 1.97 bits per heavy atom. The van der Waals surface area contributed by atoms with Crippen LogP contribution in [0, 0.1) is 10.8 Å². The fourth-order valence-electron chi connectivity index (χ4n) is 3.90. The van der Waals surface area contributed by atoms with Gasteiger partial charge in [-0.3, -0.25) is 9.59 Å². The van der Waals surface area contributed by atoms with E-state index in [0.29, 0.717) is 12.2 Å². The van der Waals surface area contributed by atoms with Crippen LogP contribution in [0.2, 0.25) is 0 Å². The van der Waals surface area contributed by atoms with Gasteiger partial charge in [-0.05, 0) is 88.5 Å². The predicted molar refractivity (Wildman–Crippen MR) is 113 cm³/mol. The normalized spacial score (nSPS) is 15.2. The topological polar surface area (TPSA) is 94.8 Å². The number of aliphatic carboxylic acids is 2. The fraction of sp³-hybridized carbons (Fsp3) is 0.667. The zero-order valence-electron chi connectivity index (χ0n) is 17.9. The molecule has 1 fully saturated rings. The zero-order valence-corrected chi connectivity index (χ0v) is 17.9. The van der Waals surface area contributed by atoms with Gasteiger partial charge in [0.2, 0.25) is 0 Å². The first-order chi connectivity index (χ1) is 13.6. The molecule has 1 aliphatic rings. The minimum atomic E-state index is -0.736.